The molecule has 0 bridgehead atoms. The minimum atomic E-state index is 0.371. The Labute approximate surface area is 131 Å². The number of benzene rings is 2. The molecule has 0 aliphatic carbocycles. The van der Waals surface area contributed by atoms with Crippen molar-refractivity contribution in [2.45, 2.75) is 6.92 Å². The molecule has 0 amide bonds. The normalized spacial score (nSPS) is 10.3. The van der Waals surface area contributed by atoms with Crippen LogP contribution >= 0.6 is 39.7 Å². The second-order valence-electron chi connectivity index (χ2n) is 4.17. The lowest BCUT2D eigenvalue weighted by atomic mass is 10.1. The van der Waals surface area contributed by atoms with E-state index in [9.17, 15) is 0 Å². The van der Waals surface area contributed by atoms with Crippen LogP contribution in [-0.4, -0.2) is 4.99 Å². The fourth-order valence-electron chi connectivity index (χ4n) is 1.71. The standard InChI is InChI=1S/C14H12BrClN2S/c1-8-2-4-10(14(17)19)13(6-8)18-9-3-5-12(16)11(15)7-9/h2-7,18H,1H3,(H2,17,19). The zero-order valence-corrected chi connectivity index (χ0v) is 13.4. The summed E-state index contributed by atoms with van der Waals surface area (Å²) in [4.78, 5) is 0.371. The average Bonchev–Trinajstić information content (AvgIpc) is 2.33. The number of aryl methyl sites for hydroxylation is 1. The number of hydrogen-bond acceptors (Lipinski definition) is 2. The highest BCUT2D eigenvalue weighted by atomic mass is 79.9. The molecule has 0 spiro atoms. The Kier molecular flexibility index (Phi) is 4.45. The van der Waals surface area contributed by atoms with Gasteiger partial charge in [-0.05, 0) is 58.7 Å². The molecule has 2 aromatic carbocycles. The molecular formula is C14H12BrClN2S. The quantitative estimate of drug-likeness (QED) is 0.778. The van der Waals surface area contributed by atoms with Gasteiger partial charge >= 0.3 is 0 Å². The average molecular weight is 356 g/mol. The molecule has 2 rings (SSSR count). The van der Waals surface area contributed by atoms with Crippen LogP contribution in [0.2, 0.25) is 5.02 Å². The van der Waals surface area contributed by atoms with Crippen LogP contribution in [0, 0.1) is 6.92 Å². The third-order valence-electron chi connectivity index (χ3n) is 2.64. The third-order valence-corrected chi connectivity index (χ3v) is 4.07. The van der Waals surface area contributed by atoms with Crippen molar-refractivity contribution in [1.29, 1.82) is 0 Å². The maximum atomic E-state index is 5.98. The summed E-state index contributed by atoms with van der Waals surface area (Å²) in [6.07, 6.45) is 0. The Hall–Kier alpha value is -1.10. The summed E-state index contributed by atoms with van der Waals surface area (Å²) in [6.45, 7) is 2.02. The van der Waals surface area contributed by atoms with Crippen LogP contribution in [0.15, 0.2) is 40.9 Å². The fourth-order valence-corrected chi connectivity index (χ4v) is 2.38. The predicted molar refractivity (Wildman–Crippen MR) is 89.5 cm³/mol. The van der Waals surface area contributed by atoms with E-state index in [0.29, 0.717) is 10.0 Å². The highest BCUT2D eigenvalue weighted by molar-refractivity contribution is 9.10. The molecule has 5 heteroatoms. The number of halogens is 2. The summed E-state index contributed by atoms with van der Waals surface area (Å²) in [5.41, 5.74) is 9.50. The number of hydrogen-bond donors (Lipinski definition) is 2. The number of nitrogens with one attached hydrogen (secondary N) is 1. The van der Waals surface area contributed by atoms with Gasteiger partial charge in [-0.1, -0.05) is 29.9 Å². The van der Waals surface area contributed by atoms with Gasteiger partial charge in [0.2, 0.25) is 0 Å². The summed E-state index contributed by atoms with van der Waals surface area (Å²) in [6, 6.07) is 11.6. The summed E-state index contributed by atoms with van der Waals surface area (Å²) in [5.74, 6) is 0. The first kappa shape index (κ1) is 14.3. The maximum Gasteiger partial charge on any atom is 0.106 e. The Morgan fingerprint density at radius 1 is 1.26 bits per heavy atom. The Balaban J connectivity index is 2.39. The van der Waals surface area contributed by atoms with E-state index in [2.05, 4.69) is 21.2 Å². The van der Waals surface area contributed by atoms with Crippen LogP contribution < -0.4 is 11.1 Å². The molecule has 0 heterocycles. The van der Waals surface area contributed by atoms with Crippen molar-refractivity contribution < 1.29 is 0 Å². The summed E-state index contributed by atoms with van der Waals surface area (Å²) < 4.78 is 0.837. The highest BCUT2D eigenvalue weighted by Gasteiger charge is 2.07. The van der Waals surface area contributed by atoms with Gasteiger partial charge in [-0.3, -0.25) is 0 Å². The van der Waals surface area contributed by atoms with Crippen molar-refractivity contribution in [2.24, 2.45) is 5.73 Å². The molecule has 0 aliphatic rings. The van der Waals surface area contributed by atoms with Gasteiger partial charge in [-0.25, -0.2) is 0 Å². The van der Waals surface area contributed by atoms with Gasteiger partial charge in [-0.2, -0.15) is 0 Å². The molecule has 0 atom stereocenters. The molecule has 0 saturated carbocycles. The number of nitrogens with two attached hydrogens (primary N) is 1. The molecule has 0 aliphatic heterocycles. The second kappa shape index (κ2) is 5.90. The molecule has 0 fully saturated rings. The molecule has 3 N–H and O–H groups in total. The van der Waals surface area contributed by atoms with Gasteiger partial charge in [0.25, 0.3) is 0 Å². The van der Waals surface area contributed by atoms with E-state index >= 15 is 0 Å². The Morgan fingerprint density at radius 2 is 2.00 bits per heavy atom. The minimum Gasteiger partial charge on any atom is -0.389 e. The number of rotatable bonds is 3. The van der Waals surface area contributed by atoms with Crippen molar-refractivity contribution in [3.8, 4) is 0 Å². The van der Waals surface area contributed by atoms with Crippen molar-refractivity contribution >= 4 is 56.1 Å². The smallest absolute Gasteiger partial charge is 0.106 e. The molecule has 19 heavy (non-hydrogen) atoms. The lowest BCUT2D eigenvalue weighted by Gasteiger charge is -2.13. The van der Waals surface area contributed by atoms with E-state index in [4.69, 9.17) is 29.6 Å². The van der Waals surface area contributed by atoms with Crippen LogP contribution in [0.1, 0.15) is 11.1 Å². The van der Waals surface area contributed by atoms with Gasteiger partial charge in [0.05, 0.1) is 5.02 Å². The zero-order chi connectivity index (χ0) is 14.0. The first-order chi connectivity index (χ1) is 8.97. The first-order valence-electron chi connectivity index (χ1n) is 5.60. The topological polar surface area (TPSA) is 38.0 Å². The minimum absolute atomic E-state index is 0.371. The lowest BCUT2D eigenvalue weighted by Crippen LogP contribution is -2.12. The molecule has 2 nitrogen and oxygen atoms in total. The molecule has 2 aromatic rings. The molecule has 0 saturated heterocycles. The van der Waals surface area contributed by atoms with Crippen LogP contribution in [0.25, 0.3) is 0 Å². The largest absolute Gasteiger partial charge is 0.389 e. The molecule has 0 aromatic heterocycles. The zero-order valence-electron chi connectivity index (χ0n) is 10.2. The highest BCUT2D eigenvalue weighted by Crippen LogP contribution is 2.28. The van der Waals surface area contributed by atoms with Gasteiger partial charge in [0.15, 0.2) is 0 Å². The fraction of sp³-hybridized carbons (Fsp3) is 0.0714. The Morgan fingerprint density at radius 3 is 2.63 bits per heavy atom. The van der Waals surface area contributed by atoms with Crippen molar-refractivity contribution in [2.75, 3.05) is 5.32 Å². The monoisotopic (exact) mass is 354 g/mol. The van der Waals surface area contributed by atoms with E-state index in [0.717, 1.165) is 27.0 Å². The van der Waals surface area contributed by atoms with Crippen molar-refractivity contribution in [1.82, 2.24) is 0 Å². The second-order valence-corrected chi connectivity index (χ2v) is 5.87. The van der Waals surface area contributed by atoms with Gasteiger partial charge < -0.3 is 11.1 Å². The van der Waals surface area contributed by atoms with Crippen LogP contribution in [-0.2, 0) is 0 Å². The van der Waals surface area contributed by atoms with Crippen LogP contribution in [0.3, 0.4) is 0 Å². The van der Waals surface area contributed by atoms with Crippen LogP contribution in [0.4, 0.5) is 11.4 Å². The summed E-state index contributed by atoms with van der Waals surface area (Å²) in [7, 11) is 0. The van der Waals surface area contributed by atoms with E-state index < -0.39 is 0 Å². The molecule has 0 radical (unpaired) electrons. The number of anilines is 2. The third kappa shape index (κ3) is 3.47. The van der Waals surface area contributed by atoms with Gasteiger partial charge in [-0.15, -0.1) is 0 Å². The van der Waals surface area contributed by atoms with E-state index in [-0.39, 0.29) is 0 Å². The van der Waals surface area contributed by atoms with E-state index in [1.807, 2.05) is 43.3 Å². The Bertz CT molecular complexity index is 643. The van der Waals surface area contributed by atoms with Crippen molar-refractivity contribution in [3.05, 3.63) is 57.0 Å². The first-order valence-corrected chi connectivity index (χ1v) is 7.18. The molecule has 0 unspecified atom stereocenters. The van der Waals surface area contributed by atoms with E-state index in [1.165, 1.54) is 0 Å². The SMILES string of the molecule is Cc1ccc(C(N)=S)c(Nc2ccc(Cl)c(Br)c2)c1. The summed E-state index contributed by atoms with van der Waals surface area (Å²) >= 11 is 14.4. The number of thiocarbonyl (C=S) groups is 1. The molecule has 98 valence electrons. The van der Waals surface area contributed by atoms with Gasteiger partial charge in [0, 0.05) is 21.4 Å². The summed E-state index contributed by atoms with van der Waals surface area (Å²) in [5, 5.41) is 3.98. The predicted octanol–water partition coefficient (Wildman–Crippen LogP) is 4.79. The molecular weight excluding hydrogens is 344 g/mol. The van der Waals surface area contributed by atoms with Gasteiger partial charge in [0.1, 0.15) is 4.99 Å². The maximum absolute atomic E-state index is 5.98. The van der Waals surface area contributed by atoms with Crippen LogP contribution in [0.5, 0.6) is 0 Å². The van der Waals surface area contributed by atoms with E-state index in [1.54, 1.807) is 0 Å². The lowest BCUT2D eigenvalue weighted by molar-refractivity contribution is 1.43. The van der Waals surface area contributed by atoms with Crippen molar-refractivity contribution in [3.63, 3.8) is 0 Å².